The number of carbonyl (C=O) groups is 2. The van der Waals surface area contributed by atoms with E-state index in [2.05, 4.69) is 0 Å². The molecule has 1 aromatic carbocycles. The van der Waals surface area contributed by atoms with E-state index < -0.39 is 18.1 Å². The quantitative estimate of drug-likeness (QED) is 0.790. The van der Waals surface area contributed by atoms with Crippen LogP contribution in [0.15, 0.2) is 24.3 Å². The van der Waals surface area contributed by atoms with Crippen molar-refractivity contribution >= 4 is 12.0 Å². The first-order valence-electron chi connectivity index (χ1n) is 8.68. The summed E-state index contributed by atoms with van der Waals surface area (Å²) in [5.41, 5.74) is -0.337. The molecule has 1 saturated heterocycles. The molecule has 0 N–H and O–H groups in total. The second-order valence-corrected chi connectivity index (χ2v) is 7.71. The smallest absolute Gasteiger partial charge is 0.410 e. The fourth-order valence-electron chi connectivity index (χ4n) is 2.92. The molecule has 2 rings (SSSR count). The fourth-order valence-corrected chi connectivity index (χ4v) is 2.92. The van der Waals surface area contributed by atoms with Crippen molar-refractivity contribution in [2.24, 2.45) is 0 Å². The lowest BCUT2D eigenvalue weighted by molar-refractivity contribution is -0.00788. The van der Waals surface area contributed by atoms with Gasteiger partial charge in [-0.3, -0.25) is 4.79 Å². The second-order valence-electron chi connectivity index (χ2n) is 7.71. The molecule has 2 amide bonds. The van der Waals surface area contributed by atoms with Crippen LogP contribution in [-0.4, -0.2) is 52.6 Å². The monoisotopic (exact) mass is 368 g/mol. The minimum absolute atomic E-state index is 0.113. The Morgan fingerprint density at radius 1 is 1.04 bits per heavy atom. The Bertz CT molecular complexity index is 656. The normalized spacial score (nSPS) is 21.1. The molecule has 0 unspecified atom stereocenters. The lowest BCUT2D eigenvalue weighted by Crippen LogP contribution is -2.60. The number of benzene rings is 1. The molecule has 144 valence electrons. The molecule has 0 bridgehead atoms. The number of amides is 2. The van der Waals surface area contributed by atoms with Crippen molar-refractivity contribution in [3.63, 3.8) is 0 Å². The Morgan fingerprint density at radius 2 is 1.54 bits per heavy atom. The molecule has 5 nitrogen and oxygen atoms in total. The lowest BCUT2D eigenvalue weighted by atomic mass is 10.1. The van der Waals surface area contributed by atoms with E-state index in [1.807, 2.05) is 34.6 Å². The molecule has 0 aliphatic carbocycles. The summed E-state index contributed by atoms with van der Waals surface area (Å²) in [7, 11) is 0. The number of rotatable bonds is 2. The minimum Gasteiger partial charge on any atom is -0.444 e. The van der Waals surface area contributed by atoms with Crippen LogP contribution in [0.25, 0.3) is 0 Å². The molecule has 7 heteroatoms. The average molecular weight is 368 g/mol. The molecule has 1 aliphatic heterocycles. The summed E-state index contributed by atoms with van der Waals surface area (Å²) in [6.07, 6.45) is -2.96. The molecule has 26 heavy (non-hydrogen) atoms. The van der Waals surface area contributed by atoms with Crippen molar-refractivity contribution in [1.82, 2.24) is 9.80 Å². The Balaban J connectivity index is 2.08. The predicted octanol–water partition coefficient (Wildman–Crippen LogP) is 4.09. The van der Waals surface area contributed by atoms with E-state index >= 15 is 0 Å². The van der Waals surface area contributed by atoms with Crippen LogP contribution in [0.5, 0.6) is 0 Å². The zero-order valence-corrected chi connectivity index (χ0v) is 15.8. The van der Waals surface area contributed by atoms with Gasteiger partial charge in [-0.05, 0) is 46.8 Å². The van der Waals surface area contributed by atoms with Crippen LogP contribution in [0.1, 0.15) is 57.0 Å². The summed E-state index contributed by atoms with van der Waals surface area (Å²) in [5.74, 6) is -0.228. The SMILES string of the molecule is C[C@@H]1CN(C(=O)OC(C)(C)C)[C@@H](C)CN1C(=O)c1ccc(C(F)F)cc1. The maximum Gasteiger partial charge on any atom is 0.410 e. The van der Waals surface area contributed by atoms with Gasteiger partial charge < -0.3 is 14.5 Å². The van der Waals surface area contributed by atoms with E-state index in [1.54, 1.807) is 9.80 Å². The average Bonchev–Trinajstić information content (AvgIpc) is 2.54. The highest BCUT2D eigenvalue weighted by atomic mass is 19.3. The van der Waals surface area contributed by atoms with Crippen LogP contribution in [0, 0.1) is 0 Å². The van der Waals surface area contributed by atoms with Crippen molar-refractivity contribution in [2.75, 3.05) is 13.1 Å². The lowest BCUT2D eigenvalue weighted by Gasteiger charge is -2.44. The number of alkyl halides is 2. The molecular formula is C19H26F2N2O3. The topological polar surface area (TPSA) is 49.9 Å². The first-order chi connectivity index (χ1) is 12.0. The van der Waals surface area contributed by atoms with Crippen molar-refractivity contribution in [2.45, 2.75) is 58.7 Å². The maximum absolute atomic E-state index is 12.7. The molecular weight excluding hydrogens is 342 g/mol. The van der Waals surface area contributed by atoms with Gasteiger partial charge in [0.25, 0.3) is 12.3 Å². The summed E-state index contributed by atoms with van der Waals surface area (Å²) in [4.78, 5) is 28.4. The zero-order valence-electron chi connectivity index (χ0n) is 15.8. The summed E-state index contributed by atoms with van der Waals surface area (Å²) < 4.78 is 30.7. The van der Waals surface area contributed by atoms with Crippen molar-refractivity contribution < 1.29 is 23.1 Å². The van der Waals surface area contributed by atoms with Crippen LogP contribution >= 0.6 is 0 Å². The van der Waals surface area contributed by atoms with E-state index in [4.69, 9.17) is 4.74 Å². The largest absolute Gasteiger partial charge is 0.444 e. The molecule has 1 heterocycles. The molecule has 0 saturated carbocycles. The van der Waals surface area contributed by atoms with Crippen LogP contribution in [0.4, 0.5) is 13.6 Å². The van der Waals surface area contributed by atoms with E-state index in [9.17, 15) is 18.4 Å². The number of ether oxygens (including phenoxy) is 1. The van der Waals surface area contributed by atoms with E-state index in [0.717, 1.165) is 0 Å². The minimum atomic E-state index is -2.56. The van der Waals surface area contributed by atoms with Crippen LogP contribution in [0.3, 0.4) is 0 Å². The fraction of sp³-hybridized carbons (Fsp3) is 0.579. The number of piperazine rings is 1. The van der Waals surface area contributed by atoms with Gasteiger partial charge in [0.05, 0.1) is 0 Å². The van der Waals surface area contributed by atoms with E-state index in [1.165, 1.54) is 24.3 Å². The highest BCUT2D eigenvalue weighted by Crippen LogP contribution is 2.23. The standard InChI is InChI=1S/C19H26F2N2O3/c1-12-11-23(18(25)26-19(3,4)5)13(2)10-22(12)17(24)15-8-6-14(7-9-15)16(20)21/h6-9,12-13,16H,10-11H2,1-5H3/t12-,13+/m1/s1. The Hall–Kier alpha value is -2.18. The third-order valence-corrected chi connectivity index (χ3v) is 4.28. The Labute approximate surface area is 152 Å². The Morgan fingerprint density at radius 3 is 2.04 bits per heavy atom. The molecule has 1 fully saturated rings. The van der Waals surface area contributed by atoms with Crippen molar-refractivity contribution in [3.8, 4) is 0 Å². The highest BCUT2D eigenvalue weighted by Gasteiger charge is 2.36. The number of hydrogen-bond acceptors (Lipinski definition) is 3. The van der Waals surface area contributed by atoms with Gasteiger partial charge in [-0.15, -0.1) is 0 Å². The third kappa shape index (κ3) is 4.71. The molecule has 0 spiro atoms. The third-order valence-electron chi connectivity index (χ3n) is 4.28. The first kappa shape index (κ1) is 20.1. The summed E-state index contributed by atoms with van der Waals surface area (Å²) in [6.45, 7) is 9.85. The van der Waals surface area contributed by atoms with E-state index in [0.29, 0.717) is 18.7 Å². The van der Waals surface area contributed by atoms with Crippen LogP contribution in [-0.2, 0) is 4.74 Å². The molecule has 1 aromatic rings. The van der Waals surface area contributed by atoms with Gasteiger partial charge in [0.2, 0.25) is 0 Å². The van der Waals surface area contributed by atoms with Gasteiger partial charge >= 0.3 is 6.09 Å². The first-order valence-corrected chi connectivity index (χ1v) is 8.68. The molecule has 0 aromatic heterocycles. The van der Waals surface area contributed by atoms with Gasteiger partial charge in [-0.1, -0.05) is 12.1 Å². The van der Waals surface area contributed by atoms with Crippen molar-refractivity contribution in [3.05, 3.63) is 35.4 Å². The zero-order chi connectivity index (χ0) is 19.6. The Kier molecular flexibility index (Phi) is 5.88. The number of carbonyl (C=O) groups excluding carboxylic acids is 2. The highest BCUT2D eigenvalue weighted by molar-refractivity contribution is 5.94. The molecule has 1 aliphatic rings. The molecule has 0 radical (unpaired) electrons. The summed E-state index contributed by atoms with van der Waals surface area (Å²) in [6, 6.07) is 4.96. The van der Waals surface area contributed by atoms with Gasteiger partial charge in [0.1, 0.15) is 5.60 Å². The van der Waals surface area contributed by atoms with Gasteiger partial charge in [0.15, 0.2) is 0 Å². The summed E-state index contributed by atoms with van der Waals surface area (Å²) in [5, 5.41) is 0. The van der Waals surface area contributed by atoms with Crippen LogP contribution < -0.4 is 0 Å². The summed E-state index contributed by atoms with van der Waals surface area (Å²) >= 11 is 0. The van der Waals surface area contributed by atoms with Crippen molar-refractivity contribution in [1.29, 1.82) is 0 Å². The molecule has 2 atom stereocenters. The second kappa shape index (κ2) is 7.60. The predicted molar refractivity (Wildman–Crippen MR) is 94.3 cm³/mol. The number of halogens is 2. The van der Waals surface area contributed by atoms with Gasteiger partial charge in [-0.25, -0.2) is 13.6 Å². The van der Waals surface area contributed by atoms with E-state index in [-0.39, 0.29) is 23.6 Å². The van der Waals surface area contributed by atoms with Gasteiger partial charge in [0, 0.05) is 36.3 Å². The van der Waals surface area contributed by atoms with Crippen LogP contribution in [0.2, 0.25) is 0 Å². The number of nitrogens with zero attached hydrogens (tertiary/aromatic N) is 2. The maximum atomic E-state index is 12.7. The van der Waals surface area contributed by atoms with Gasteiger partial charge in [-0.2, -0.15) is 0 Å². The number of hydrogen-bond donors (Lipinski definition) is 0.